The molecule has 1 heterocycles. The van der Waals surface area contributed by atoms with E-state index in [0.717, 1.165) is 5.56 Å². The Morgan fingerprint density at radius 2 is 2.30 bits per heavy atom. The van der Waals surface area contributed by atoms with Crippen LogP contribution in [-0.4, -0.2) is 30.0 Å². The van der Waals surface area contributed by atoms with Crippen molar-refractivity contribution in [1.82, 2.24) is 16.2 Å². The lowest BCUT2D eigenvalue weighted by Crippen LogP contribution is -2.35. The third-order valence-electron chi connectivity index (χ3n) is 2.66. The fourth-order valence-corrected chi connectivity index (χ4v) is 2.66. The van der Waals surface area contributed by atoms with Gasteiger partial charge in [0.25, 0.3) is 0 Å². The zero-order chi connectivity index (χ0) is 14.5. The normalized spacial score (nSPS) is 17.4. The van der Waals surface area contributed by atoms with Crippen molar-refractivity contribution < 1.29 is 14.5 Å². The topological polar surface area (TPSA) is 106 Å². The van der Waals surface area contributed by atoms with Crippen molar-refractivity contribution >= 4 is 23.5 Å². The summed E-state index contributed by atoms with van der Waals surface area (Å²) in [6.07, 6.45) is -0.138. The van der Waals surface area contributed by atoms with Crippen LogP contribution in [0, 0.1) is 10.1 Å². The maximum Gasteiger partial charge on any atom is 0.330 e. The van der Waals surface area contributed by atoms with Gasteiger partial charge in [-0.3, -0.25) is 15.5 Å². The van der Waals surface area contributed by atoms with Gasteiger partial charge in [0, 0.05) is 17.6 Å². The van der Waals surface area contributed by atoms with Crippen LogP contribution < -0.4 is 20.9 Å². The van der Waals surface area contributed by atoms with Crippen molar-refractivity contribution in [3.05, 3.63) is 33.9 Å². The monoisotopic (exact) mass is 298 g/mol. The number of nitro benzene ring substituents is 1. The number of nitrogens with zero attached hydrogens (tertiary/aromatic N) is 1. The van der Waals surface area contributed by atoms with Gasteiger partial charge in [-0.2, -0.15) is 11.8 Å². The van der Waals surface area contributed by atoms with Crippen molar-refractivity contribution in [2.75, 3.05) is 12.9 Å². The van der Waals surface area contributed by atoms with E-state index in [2.05, 4.69) is 16.2 Å². The second-order valence-corrected chi connectivity index (χ2v) is 5.10. The van der Waals surface area contributed by atoms with Crippen LogP contribution in [0.2, 0.25) is 0 Å². The first kappa shape index (κ1) is 14.4. The van der Waals surface area contributed by atoms with Crippen LogP contribution in [0.3, 0.4) is 0 Å². The van der Waals surface area contributed by atoms with Gasteiger partial charge in [0.05, 0.1) is 12.0 Å². The highest BCUT2D eigenvalue weighted by molar-refractivity contribution is 7.98. The van der Waals surface area contributed by atoms with Crippen molar-refractivity contribution in [2.45, 2.75) is 11.9 Å². The van der Waals surface area contributed by atoms with E-state index in [0.29, 0.717) is 11.5 Å². The van der Waals surface area contributed by atoms with E-state index in [1.165, 1.54) is 13.2 Å². The highest BCUT2D eigenvalue weighted by Gasteiger charge is 2.19. The number of nitrogens with one attached hydrogen (secondary N) is 3. The molecule has 0 aromatic heterocycles. The van der Waals surface area contributed by atoms with Crippen molar-refractivity contribution in [3.63, 3.8) is 0 Å². The predicted octanol–water partition coefficient (Wildman–Crippen LogP) is 0.980. The zero-order valence-corrected chi connectivity index (χ0v) is 11.5. The summed E-state index contributed by atoms with van der Waals surface area (Å²) >= 11 is 1.56. The van der Waals surface area contributed by atoms with Crippen LogP contribution in [0.25, 0.3) is 0 Å². The summed E-state index contributed by atoms with van der Waals surface area (Å²) < 4.78 is 4.94. The average Bonchev–Trinajstić information content (AvgIpc) is 2.84. The Balaban J connectivity index is 1.91. The number of benzene rings is 1. The Bertz CT molecular complexity index is 525. The van der Waals surface area contributed by atoms with Gasteiger partial charge in [0.15, 0.2) is 5.75 Å². The van der Waals surface area contributed by atoms with Gasteiger partial charge in [-0.25, -0.2) is 10.2 Å². The highest BCUT2D eigenvalue weighted by Crippen LogP contribution is 2.29. The number of methoxy groups -OCH3 is 1. The van der Waals surface area contributed by atoms with Crippen LogP contribution in [0.4, 0.5) is 10.5 Å². The molecule has 0 spiro atoms. The molecule has 2 rings (SSSR count). The maximum absolute atomic E-state index is 10.9. The molecule has 2 amide bonds. The fraction of sp³-hybridized carbons (Fsp3) is 0.364. The number of nitro groups is 1. The number of thioether (sulfide) groups is 1. The van der Waals surface area contributed by atoms with Gasteiger partial charge < -0.3 is 10.1 Å². The lowest BCUT2D eigenvalue weighted by atomic mass is 10.2. The smallest absolute Gasteiger partial charge is 0.330 e. The van der Waals surface area contributed by atoms with E-state index in [9.17, 15) is 14.9 Å². The number of carbonyl (C=O) groups is 1. The van der Waals surface area contributed by atoms with Crippen molar-refractivity contribution in [1.29, 1.82) is 0 Å². The van der Waals surface area contributed by atoms with Gasteiger partial charge in [0.2, 0.25) is 0 Å². The first-order valence-electron chi connectivity index (χ1n) is 5.81. The molecule has 8 nitrogen and oxygen atoms in total. The van der Waals surface area contributed by atoms with Crippen molar-refractivity contribution in [3.8, 4) is 5.75 Å². The van der Waals surface area contributed by atoms with Gasteiger partial charge in [-0.15, -0.1) is 0 Å². The van der Waals surface area contributed by atoms with Crippen LogP contribution in [0.5, 0.6) is 5.75 Å². The third kappa shape index (κ3) is 3.52. The summed E-state index contributed by atoms with van der Waals surface area (Å²) in [5, 5.41) is 13.6. The van der Waals surface area contributed by atoms with E-state index >= 15 is 0 Å². The zero-order valence-electron chi connectivity index (χ0n) is 10.7. The molecule has 1 aromatic rings. The van der Waals surface area contributed by atoms with Gasteiger partial charge >= 0.3 is 11.7 Å². The summed E-state index contributed by atoms with van der Waals surface area (Å²) in [6.45, 7) is 0. The molecule has 108 valence electrons. The molecule has 3 N–H and O–H groups in total. The number of rotatable bonds is 6. The van der Waals surface area contributed by atoms with Crippen LogP contribution in [0.15, 0.2) is 18.2 Å². The van der Waals surface area contributed by atoms with E-state index in [1.807, 2.05) is 0 Å². The van der Waals surface area contributed by atoms with Crippen LogP contribution in [-0.2, 0) is 5.75 Å². The minimum atomic E-state index is -0.463. The largest absolute Gasteiger partial charge is 0.490 e. The number of urea groups is 1. The lowest BCUT2D eigenvalue weighted by Gasteiger charge is -2.09. The summed E-state index contributed by atoms with van der Waals surface area (Å²) in [6, 6.07) is 4.63. The Hall–Kier alpha value is -2.00. The van der Waals surface area contributed by atoms with Gasteiger partial charge in [-0.05, 0) is 11.6 Å². The molecule has 1 atom stereocenters. The molecule has 1 unspecified atom stereocenters. The van der Waals surface area contributed by atoms with Gasteiger partial charge in [-0.1, -0.05) is 6.07 Å². The average molecular weight is 298 g/mol. The van der Waals surface area contributed by atoms with Gasteiger partial charge in [0.1, 0.15) is 6.17 Å². The molecule has 0 saturated carbocycles. The number of ether oxygens (including phenoxy) is 1. The number of carbonyl (C=O) groups excluding carboxylic acids is 1. The Labute approximate surface area is 119 Å². The van der Waals surface area contributed by atoms with Crippen molar-refractivity contribution in [2.24, 2.45) is 0 Å². The Morgan fingerprint density at radius 1 is 1.50 bits per heavy atom. The summed E-state index contributed by atoms with van der Waals surface area (Å²) in [4.78, 5) is 21.3. The molecule has 9 heteroatoms. The summed E-state index contributed by atoms with van der Waals surface area (Å²) in [5.74, 6) is 1.51. The van der Waals surface area contributed by atoms with E-state index < -0.39 is 4.92 Å². The highest BCUT2D eigenvalue weighted by atomic mass is 32.2. The molecule has 0 radical (unpaired) electrons. The Morgan fingerprint density at radius 3 is 2.90 bits per heavy atom. The lowest BCUT2D eigenvalue weighted by molar-refractivity contribution is -0.385. The summed E-state index contributed by atoms with van der Waals surface area (Å²) in [7, 11) is 1.40. The minimum Gasteiger partial charge on any atom is -0.490 e. The molecule has 1 fully saturated rings. The molecule has 0 bridgehead atoms. The molecule has 1 aliphatic rings. The number of hydrogen-bond donors (Lipinski definition) is 3. The SMILES string of the molecule is COc1ccc(CSCC2NNC(=O)N2)cc1[N+](=O)[O-]. The molecule has 1 saturated heterocycles. The van der Waals surface area contributed by atoms with E-state index in [-0.39, 0.29) is 23.6 Å². The third-order valence-corrected chi connectivity index (χ3v) is 3.76. The van der Waals surface area contributed by atoms with E-state index in [4.69, 9.17) is 4.74 Å². The quantitative estimate of drug-likeness (QED) is 0.534. The Kier molecular flexibility index (Phi) is 4.64. The molecular weight excluding hydrogens is 284 g/mol. The second kappa shape index (κ2) is 6.44. The fourth-order valence-electron chi connectivity index (χ4n) is 1.73. The van der Waals surface area contributed by atoms with Crippen LogP contribution >= 0.6 is 11.8 Å². The molecule has 20 heavy (non-hydrogen) atoms. The first-order chi connectivity index (χ1) is 9.60. The molecule has 1 aliphatic heterocycles. The predicted molar refractivity (Wildman–Crippen MR) is 74.4 cm³/mol. The molecule has 1 aromatic carbocycles. The second-order valence-electron chi connectivity index (χ2n) is 4.07. The molecule has 0 aliphatic carbocycles. The first-order valence-corrected chi connectivity index (χ1v) is 6.96. The standard InChI is InChI=1S/C11H14N4O4S/c1-19-9-3-2-7(4-8(9)15(17)18)5-20-6-10-12-11(16)14-13-10/h2-4,10,13H,5-6H2,1H3,(H2,12,14,16). The summed E-state index contributed by atoms with van der Waals surface area (Å²) in [5.41, 5.74) is 6.01. The van der Waals surface area contributed by atoms with Crippen LogP contribution in [0.1, 0.15) is 5.56 Å². The number of hydrogen-bond acceptors (Lipinski definition) is 6. The minimum absolute atomic E-state index is 0.0421. The maximum atomic E-state index is 10.9. The number of amides is 2. The van der Waals surface area contributed by atoms with E-state index in [1.54, 1.807) is 23.9 Å². The number of hydrazine groups is 1. The molecular formula is C11H14N4O4S.